The van der Waals surface area contributed by atoms with Gasteiger partial charge < -0.3 is 0 Å². The third-order valence-corrected chi connectivity index (χ3v) is 6.16. The maximum atomic E-state index is 10.4. The van der Waals surface area contributed by atoms with Crippen molar-refractivity contribution in [3.8, 4) is 0 Å². The second-order valence-electron chi connectivity index (χ2n) is 4.88. The SMILES string of the molecule is CC(C)(O)[C@H]([Se]c1ccccc1)c1ccccc1. The molecule has 0 aromatic heterocycles. The summed E-state index contributed by atoms with van der Waals surface area (Å²) in [7, 11) is 0. The summed E-state index contributed by atoms with van der Waals surface area (Å²) in [6.45, 7) is 3.80. The molecule has 2 aromatic carbocycles. The van der Waals surface area contributed by atoms with Crippen LogP contribution in [-0.4, -0.2) is 25.7 Å². The Labute approximate surface area is 115 Å². The van der Waals surface area contributed by atoms with Crippen LogP contribution in [0.15, 0.2) is 60.7 Å². The predicted molar refractivity (Wildman–Crippen MR) is 77.3 cm³/mol. The molecular formula is C16H18OSe. The van der Waals surface area contributed by atoms with Crippen molar-refractivity contribution in [3.05, 3.63) is 66.2 Å². The summed E-state index contributed by atoms with van der Waals surface area (Å²) in [4.78, 5) is 0.175. The third-order valence-electron chi connectivity index (χ3n) is 2.74. The van der Waals surface area contributed by atoms with Gasteiger partial charge in [0.2, 0.25) is 0 Å². The molecule has 0 saturated carbocycles. The first kappa shape index (κ1) is 13.4. The van der Waals surface area contributed by atoms with Crippen molar-refractivity contribution >= 4 is 19.4 Å². The Morgan fingerprint density at radius 2 is 1.39 bits per heavy atom. The van der Waals surface area contributed by atoms with Gasteiger partial charge in [0.15, 0.2) is 0 Å². The number of aliphatic hydroxyl groups is 1. The van der Waals surface area contributed by atoms with E-state index in [4.69, 9.17) is 0 Å². The first-order chi connectivity index (χ1) is 8.57. The minimum absolute atomic E-state index is 0.175. The molecular weight excluding hydrogens is 287 g/mol. The molecule has 0 bridgehead atoms. The van der Waals surface area contributed by atoms with Crippen molar-refractivity contribution in [2.24, 2.45) is 0 Å². The second-order valence-corrected chi connectivity index (χ2v) is 7.35. The molecule has 2 heteroatoms. The van der Waals surface area contributed by atoms with Crippen LogP contribution in [0.25, 0.3) is 0 Å². The fraction of sp³-hybridized carbons (Fsp3) is 0.250. The fourth-order valence-electron chi connectivity index (χ4n) is 1.88. The molecule has 2 rings (SSSR count). The zero-order valence-corrected chi connectivity index (χ0v) is 12.4. The van der Waals surface area contributed by atoms with E-state index in [1.165, 1.54) is 10.0 Å². The van der Waals surface area contributed by atoms with E-state index in [1.54, 1.807) is 0 Å². The number of benzene rings is 2. The molecule has 0 radical (unpaired) electrons. The zero-order valence-electron chi connectivity index (χ0n) is 10.7. The predicted octanol–water partition coefficient (Wildman–Crippen LogP) is 2.53. The van der Waals surface area contributed by atoms with Gasteiger partial charge in [-0.2, -0.15) is 0 Å². The van der Waals surface area contributed by atoms with Crippen molar-refractivity contribution in [2.75, 3.05) is 0 Å². The Kier molecular flexibility index (Phi) is 4.23. The van der Waals surface area contributed by atoms with Gasteiger partial charge in [0.05, 0.1) is 0 Å². The maximum absolute atomic E-state index is 10.4. The van der Waals surface area contributed by atoms with Crippen LogP contribution in [-0.2, 0) is 0 Å². The molecule has 0 aliphatic rings. The summed E-state index contributed by atoms with van der Waals surface area (Å²) in [6, 6.07) is 20.7. The molecule has 0 aliphatic carbocycles. The van der Waals surface area contributed by atoms with Crippen molar-refractivity contribution in [2.45, 2.75) is 24.3 Å². The van der Waals surface area contributed by atoms with Crippen LogP contribution in [0.5, 0.6) is 0 Å². The van der Waals surface area contributed by atoms with Gasteiger partial charge in [0, 0.05) is 0 Å². The summed E-state index contributed by atoms with van der Waals surface area (Å²) in [5.41, 5.74) is 0.519. The third kappa shape index (κ3) is 3.46. The summed E-state index contributed by atoms with van der Waals surface area (Å²) < 4.78 is 1.32. The van der Waals surface area contributed by atoms with Crippen LogP contribution in [0, 0.1) is 0 Å². The minimum atomic E-state index is -0.697. The first-order valence-electron chi connectivity index (χ1n) is 6.06. The van der Waals surface area contributed by atoms with Crippen LogP contribution in [0.2, 0.25) is 0 Å². The van der Waals surface area contributed by atoms with Crippen LogP contribution in [0.4, 0.5) is 0 Å². The van der Waals surface area contributed by atoms with E-state index < -0.39 is 5.60 Å². The molecule has 2 aromatic rings. The van der Waals surface area contributed by atoms with Crippen molar-refractivity contribution in [3.63, 3.8) is 0 Å². The Hall–Kier alpha value is -1.08. The zero-order chi connectivity index (χ0) is 13.0. The van der Waals surface area contributed by atoms with Gasteiger partial charge >= 0.3 is 115 Å². The van der Waals surface area contributed by atoms with Gasteiger partial charge in [0.1, 0.15) is 0 Å². The molecule has 0 aliphatic heterocycles. The van der Waals surface area contributed by atoms with E-state index >= 15 is 0 Å². The van der Waals surface area contributed by atoms with Gasteiger partial charge in [-0.3, -0.25) is 0 Å². The van der Waals surface area contributed by atoms with Crippen LogP contribution in [0.3, 0.4) is 0 Å². The Morgan fingerprint density at radius 1 is 0.889 bits per heavy atom. The fourth-order valence-corrected chi connectivity index (χ4v) is 4.33. The summed E-state index contributed by atoms with van der Waals surface area (Å²) in [6.07, 6.45) is 0. The van der Waals surface area contributed by atoms with E-state index in [0.29, 0.717) is 0 Å². The van der Waals surface area contributed by atoms with Crippen molar-refractivity contribution in [1.29, 1.82) is 0 Å². The van der Waals surface area contributed by atoms with E-state index in [0.717, 1.165) is 0 Å². The summed E-state index contributed by atoms with van der Waals surface area (Å²) >= 11 is 0.223. The van der Waals surface area contributed by atoms with Gasteiger partial charge in [0.25, 0.3) is 0 Å². The number of hydrogen-bond donors (Lipinski definition) is 1. The normalized spacial score (nSPS) is 13.3. The van der Waals surface area contributed by atoms with Crippen LogP contribution < -0.4 is 4.46 Å². The molecule has 0 fully saturated rings. The Balaban J connectivity index is 2.28. The summed E-state index contributed by atoms with van der Waals surface area (Å²) in [5, 5.41) is 10.4. The second kappa shape index (κ2) is 5.71. The molecule has 94 valence electrons. The molecule has 1 atom stereocenters. The van der Waals surface area contributed by atoms with Gasteiger partial charge in [-0.1, -0.05) is 0 Å². The Bertz CT molecular complexity index is 473. The quantitative estimate of drug-likeness (QED) is 0.861. The van der Waals surface area contributed by atoms with Crippen molar-refractivity contribution < 1.29 is 5.11 Å². The van der Waals surface area contributed by atoms with E-state index in [1.807, 2.05) is 38.1 Å². The van der Waals surface area contributed by atoms with E-state index in [2.05, 4.69) is 36.4 Å². The average molecular weight is 305 g/mol. The average Bonchev–Trinajstić information content (AvgIpc) is 2.37. The molecule has 1 nitrogen and oxygen atoms in total. The molecule has 0 saturated heterocycles. The van der Waals surface area contributed by atoms with Gasteiger partial charge in [-0.05, 0) is 0 Å². The standard InChI is InChI=1S/C16H18OSe/c1-16(2,17)15(13-9-5-3-6-10-13)18-14-11-7-4-8-12-14/h3-12,15,17H,1-2H3/t15-/m1/s1. The number of rotatable bonds is 4. The van der Waals surface area contributed by atoms with Crippen molar-refractivity contribution in [1.82, 2.24) is 0 Å². The molecule has 1 N–H and O–H groups in total. The molecule has 0 heterocycles. The monoisotopic (exact) mass is 306 g/mol. The topological polar surface area (TPSA) is 20.2 Å². The van der Waals surface area contributed by atoms with E-state index in [9.17, 15) is 5.11 Å². The van der Waals surface area contributed by atoms with Crippen LogP contribution >= 0.6 is 0 Å². The van der Waals surface area contributed by atoms with Gasteiger partial charge in [-0.25, -0.2) is 0 Å². The molecule has 0 unspecified atom stereocenters. The summed E-state index contributed by atoms with van der Waals surface area (Å²) in [5.74, 6) is 0. The number of hydrogen-bond acceptors (Lipinski definition) is 1. The first-order valence-corrected chi connectivity index (χ1v) is 7.91. The van der Waals surface area contributed by atoms with Crippen LogP contribution in [0.1, 0.15) is 24.2 Å². The van der Waals surface area contributed by atoms with E-state index in [-0.39, 0.29) is 19.8 Å². The Morgan fingerprint density at radius 3 is 1.89 bits per heavy atom. The van der Waals surface area contributed by atoms with Gasteiger partial charge in [-0.15, -0.1) is 0 Å². The molecule has 18 heavy (non-hydrogen) atoms. The molecule has 0 spiro atoms. The molecule has 0 amide bonds.